The third-order valence-corrected chi connectivity index (χ3v) is 6.88. The second-order valence-corrected chi connectivity index (χ2v) is 9.69. The van der Waals surface area contributed by atoms with Gasteiger partial charge in [0.25, 0.3) is 11.5 Å². The summed E-state index contributed by atoms with van der Waals surface area (Å²) in [6.45, 7) is 4.68. The molecule has 0 spiro atoms. The highest BCUT2D eigenvalue weighted by molar-refractivity contribution is 8.26. The molecule has 2 N–H and O–H groups in total. The van der Waals surface area contributed by atoms with Crippen LogP contribution in [0, 0.1) is 6.92 Å². The summed E-state index contributed by atoms with van der Waals surface area (Å²) in [5.41, 5.74) is 2.34. The highest BCUT2D eigenvalue weighted by Gasteiger charge is 2.36. The zero-order chi connectivity index (χ0) is 24.9. The average molecular weight is 511 g/mol. The summed E-state index contributed by atoms with van der Waals surface area (Å²) in [5.74, 6) is 0.107. The van der Waals surface area contributed by atoms with Crippen LogP contribution in [0.3, 0.4) is 0 Å². The number of benzene rings is 1. The van der Waals surface area contributed by atoms with Gasteiger partial charge in [0, 0.05) is 12.7 Å². The summed E-state index contributed by atoms with van der Waals surface area (Å²) in [6, 6.07) is 13.1. The van der Waals surface area contributed by atoms with Gasteiger partial charge in [-0.3, -0.25) is 18.9 Å². The molecule has 4 rings (SSSR count). The summed E-state index contributed by atoms with van der Waals surface area (Å²) < 4.78 is 7.22. The minimum atomic E-state index is -0.293. The number of aryl methyl sites for hydroxylation is 1. The highest BCUT2D eigenvalue weighted by Crippen LogP contribution is 2.38. The normalized spacial score (nSPS) is 15.9. The number of thiocarbonyl (C=S) groups is 1. The monoisotopic (exact) mass is 510 g/mol. The SMILES string of the molecule is Cc1ccc2nc(NCCOCCO)c(/C=C3\SC(=S)N([C@H](C)c4ccccc4)C3=O)c(=O)n2c1. The minimum absolute atomic E-state index is 0.0661. The molecular formula is C25H26N4O4S2. The number of ether oxygens (including phenoxy) is 1. The van der Waals surface area contributed by atoms with Crippen LogP contribution in [0.4, 0.5) is 5.82 Å². The highest BCUT2D eigenvalue weighted by atomic mass is 32.2. The molecule has 3 heterocycles. The van der Waals surface area contributed by atoms with Gasteiger partial charge in [0.05, 0.1) is 36.3 Å². The minimum Gasteiger partial charge on any atom is -0.394 e. The van der Waals surface area contributed by atoms with Gasteiger partial charge in [-0.25, -0.2) is 4.98 Å². The molecule has 0 radical (unpaired) electrons. The van der Waals surface area contributed by atoms with E-state index in [9.17, 15) is 9.59 Å². The Kier molecular flexibility index (Phi) is 7.97. The van der Waals surface area contributed by atoms with Crippen molar-refractivity contribution in [1.29, 1.82) is 0 Å². The van der Waals surface area contributed by atoms with E-state index in [0.717, 1.165) is 11.1 Å². The quantitative estimate of drug-likeness (QED) is 0.257. The van der Waals surface area contributed by atoms with Crippen molar-refractivity contribution in [3.05, 3.63) is 80.6 Å². The van der Waals surface area contributed by atoms with Crippen molar-refractivity contribution < 1.29 is 14.6 Å². The molecular weight excluding hydrogens is 484 g/mol. The Morgan fingerprint density at radius 1 is 1.20 bits per heavy atom. The number of nitrogens with zero attached hydrogens (tertiary/aromatic N) is 3. The van der Waals surface area contributed by atoms with E-state index < -0.39 is 0 Å². The zero-order valence-corrected chi connectivity index (χ0v) is 21.1. The van der Waals surface area contributed by atoms with E-state index in [1.54, 1.807) is 23.2 Å². The number of aliphatic hydroxyl groups excluding tert-OH is 1. The van der Waals surface area contributed by atoms with Crippen LogP contribution in [0.5, 0.6) is 0 Å². The fraction of sp³-hybridized carbons (Fsp3) is 0.280. The van der Waals surface area contributed by atoms with Crippen molar-refractivity contribution in [2.45, 2.75) is 19.9 Å². The number of anilines is 1. The van der Waals surface area contributed by atoms with E-state index in [2.05, 4.69) is 10.3 Å². The maximum Gasteiger partial charge on any atom is 0.267 e. The number of nitrogens with one attached hydrogen (secondary N) is 1. The summed E-state index contributed by atoms with van der Waals surface area (Å²) in [5, 5.41) is 12.0. The Balaban J connectivity index is 1.70. The molecule has 1 aliphatic rings. The lowest BCUT2D eigenvalue weighted by molar-refractivity contribution is -0.123. The molecule has 2 aromatic heterocycles. The topological polar surface area (TPSA) is 96.2 Å². The van der Waals surface area contributed by atoms with Gasteiger partial charge in [0.1, 0.15) is 15.8 Å². The Bertz CT molecular complexity index is 1340. The first-order valence-corrected chi connectivity index (χ1v) is 12.4. The summed E-state index contributed by atoms with van der Waals surface area (Å²) >= 11 is 6.71. The second kappa shape index (κ2) is 11.1. The van der Waals surface area contributed by atoms with Gasteiger partial charge in [-0.1, -0.05) is 60.4 Å². The molecule has 182 valence electrons. The van der Waals surface area contributed by atoms with Crippen molar-refractivity contribution in [2.75, 3.05) is 31.7 Å². The van der Waals surface area contributed by atoms with Crippen molar-refractivity contribution >= 4 is 51.7 Å². The summed E-state index contributed by atoms with van der Waals surface area (Å²) in [7, 11) is 0. The number of carbonyl (C=O) groups is 1. The van der Waals surface area contributed by atoms with Gasteiger partial charge in [-0.2, -0.15) is 0 Å². The van der Waals surface area contributed by atoms with Crippen LogP contribution in [0.15, 0.2) is 58.4 Å². The number of aliphatic hydroxyl groups is 1. The Morgan fingerprint density at radius 2 is 1.97 bits per heavy atom. The Morgan fingerprint density at radius 3 is 2.71 bits per heavy atom. The van der Waals surface area contributed by atoms with E-state index in [1.165, 1.54) is 16.2 Å². The maximum absolute atomic E-state index is 13.5. The van der Waals surface area contributed by atoms with Crippen LogP contribution in [0.2, 0.25) is 0 Å². The predicted octanol–water partition coefficient (Wildman–Crippen LogP) is 3.39. The van der Waals surface area contributed by atoms with Crippen LogP contribution in [0.1, 0.15) is 29.7 Å². The number of amides is 1. The number of pyridine rings is 1. The Hall–Kier alpha value is -3.05. The van der Waals surface area contributed by atoms with E-state index in [-0.39, 0.29) is 36.3 Å². The number of hydrogen-bond acceptors (Lipinski definition) is 8. The van der Waals surface area contributed by atoms with Gasteiger partial charge in [-0.05, 0) is 37.1 Å². The second-order valence-electron chi connectivity index (χ2n) is 8.02. The van der Waals surface area contributed by atoms with Crippen LogP contribution >= 0.6 is 24.0 Å². The third kappa shape index (κ3) is 5.46. The van der Waals surface area contributed by atoms with Crippen molar-refractivity contribution in [3.8, 4) is 0 Å². The lowest BCUT2D eigenvalue weighted by Crippen LogP contribution is -2.31. The molecule has 0 bridgehead atoms. The van der Waals surface area contributed by atoms with E-state index in [1.807, 2.05) is 50.2 Å². The lowest BCUT2D eigenvalue weighted by atomic mass is 10.1. The number of carbonyl (C=O) groups excluding carboxylic acids is 1. The molecule has 3 aromatic rings. The number of aromatic nitrogens is 2. The first-order chi connectivity index (χ1) is 16.9. The molecule has 35 heavy (non-hydrogen) atoms. The van der Waals surface area contributed by atoms with Gasteiger partial charge >= 0.3 is 0 Å². The van der Waals surface area contributed by atoms with Crippen molar-refractivity contribution in [3.63, 3.8) is 0 Å². The molecule has 8 nitrogen and oxygen atoms in total. The zero-order valence-electron chi connectivity index (χ0n) is 19.4. The van der Waals surface area contributed by atoms with Gasteiger partial charge in [-0.15, -0.1) is 0 Å². The van der Waals surface area contributed by atoms with Gasteiger partial charge < -0.3 is 15.2 Å². The Labute approximate surface area is 212 Å². The van der Waals surface area contributed by atoms with Crippen LogP contribution in [0.25, 0.3) is 11.7 Å². The molecule has 1 aromatic carbocycles. The first-order valence-electron chi connectivity index (χ1n) is 11.2. The smallest absolute Gasteiger partial charge is 0.267 e. The molecule has 0 unspecified atom stereocenters. The number of thioether (sulfide) groups is 1. The average Bonchev–Trinajstić information content (AvgIpc) is 3.14. The fourth-order valence-corrected chi connectivity index (χ4v) is 5.16. The van der Waals surface area contributed by atoms with E-state index in [4.69, 9.17) is 22.1 Å². The lowest BCUT2D eigenvalue weighted by Gasteiger charge is -2.23. The van der Waals surface area contributed by atoms with E-state index >= 15 is 0 Å². The van der Waals surface area contributed by atoms with Crippen LogP contribution in [-0.2, 0) is 9.53 Å². The van der Waals surface area contributed by atoms with Gasteiger partial charge in [0.15, 0.2) is 0 Å². The molecule has 1 amide bonds. The fourth-order valence-electron chi connectivity index (χ4n) is 3.76. The van der Waals surface area contributed by atoms with E-state index in [0.29, 0.717) is 33.8 Å². The first kappa shape index (κ1) is 25.1. The molecule has 10 heteroatoms. The maximum atomic E-state index is 13.5. The molecule has 0 aliphatic carbocycles. The number of hydrogen-bond donors (Lipinski definition) is 2. The van der Waals surface area contributed by atoms with Crippen LogP contribution in [-0.4, -0.2) is 56.0 Å². The molecule has 1 saturated heterocycles. The largest absolute Gasteiger partial charge is 0.394 e. The molecule has 1 fully saturated rings. The van der Waals surface area contributed by atoms with Gasteiger partial charge in [0.2, 0.25) is 0 Å². The third-order valence-electron chi connectivity index (χ3n) is 5.55. The summed E-state index contributed by atoms with van der Waals surface area (Å²) in [4.78, 5) is 33.4. The standard InChI is InChI=1S/C25H26N4O4S2/c1-16-8-9-21-27-22(26-10-12-33-13-11-30)19(23(31)28(21)15-16)14-20-24(32)29(25(34)35-20)17(2)18-6-4-3-5-7-18/h3-9,14-15,17,26,30H,10-13H2,1-2H3/b20-14-/t17-/m1/s1. The molecule has 1 atom stereocenters. The predicted molar refractivity (Wildman–Crippen MR) is 142 cm³/mol. The molecule has 0 saturated carbocycles. The van der Waals surface area contributed by atoms with Crippen LogP contribution < -0.4 is 10.9 Å². The number of rotatable bonds is 9. The molecule has 1 aliphatic heterocycles. The summed E-state index contributed by atoms with van der Waals surface area (Å²) in [6.07, 6.45) is 3.29. The van der Waals surface area contributed by atoms with Crippen molar-refractivity contribution in [2.24, 2.45) is 0 Å². The van der Waals surface area contributed by atoms with Crippen molar-refractivity contribution in [1.82, 2.24) is 14.3 Å². The number of fused-ring (bicyclic) bond motifs is 1.